The second kappa shape index (κ2) is 3.82. The third kappa shape index (κ3) is 2.05. The Labute approximate surface area is 88.8 Å². The molecule has 1 atom stereocenters. The van der Waals surface area contributed by atoms with E-state index in [-0.39, 0.29) is 6.04 Å². The second-order valence-corrected chi connectivity index (χ2v) is 3.66. The van der Waals surface area contributed by atoms with Gasteiger partial charge in [-0.05, 0) is 13.0 Å². The highest BCUT2D eigenvalue weighted by Gasteiger charge is 2.03. The lowest BCUT2D eigenvalue weighted by atomic mass is 10.1. The van der Waals surface area contributed by atoms with E-state index in [1.54, 1.807) is 4.68 Å². The minimum Gasteiger partial charge on any atom is -0.323 e. The van der Waals surface area contributed by atoms with Crippen molar-refractivity contribution in [3.05, 3.63) is 36.4 Å². The van der Waals surface area contributed by atoms with Gasteiger partial charge in [-0.15, -0.1) is 0 Å². The number of nitrogens with zero attached hydrogens (tertiary/aromatic N) is 3. The van der Waals surface area contributed by atoms with Crippen molar-refractivity contribution in [2.24, 2.45) is 12.8 Å². The average molecular weight is 202 g/mol. The zero-order valence-corrected chi connectivity index (χ0v) is 8.88. The summed E-state index contributed by atoms with van der Waals surface area (Å²) in [5, 5.41) is 4.11. The summed E-state index contributed by atoms with van der Waals surface area (Å²) in [7, 11) is 1.90. The Morgan fingerprint density at radius 3 is 2.53 bits per heavy atom. The number of nitrogens with two attached hydrogens (primary N) is 1. The largest absolute Gasteiger partial charge is 0.323 e. The molecule has 4 heteroatoms. The van der Waals surface area contributed by atoms with Crippen LogP contribution in [0.4, 0.5) is 0 Å². The van der Waals surface area contributed by atoms with Crippen LogP contribution in [0.5, 0.6) is 0 Å². The third-order valence-corrected chi connectivity index (χ3v) is 2.29. The van der Waals surface area contributed by atoms with Crippen molar-refractivity contribution in [1.29, 1.82) is 0 Å². The summed E-state index contributed by atoms with van der Waals surface area (Å²) in [5.74, 6) is 0. The quantitative estimate of drug-likeness (QED) is 0.803. The second-order valence-electron chi connectivity index (χ2n) is 3.66. The summed E-state index contributed by atoms with van der Waals surface area (Å²) in [6, 6.07) is 3.95. The molecule has 0 radical (unpaired) electrons. The molecule has 0 spiro atoms. The maximum absolute atomic E-state index is 5.73. The Morgan fingerprint density at radius 1 is 1.27 bits per heavy atom. The van der Waals surface area contributed by atoms with E-state index in [1.165, 1.54) is 0 Å². The molecule has 0 unspecified atom stereocenters. The van der Waals surface area contributed by atoms with Gasteiger partial charge in [0.25, 0.3) is 0 Å². The number of pyridine rings is 1. The lowest BCUT2D eigenvalue weighted by molar-refractivity contribution is 0.768. The summed E-state index contributed by atoms with van der Waals surface area (Å²) in [6.07, 6.45) is 5.61. The number of aromatic nitrogens is 3. The molecule has 0 amide bonds. The first-order chi connectivity index (χ1) is 7.16. The lowest BCUT2D eigenvalue weighted by Gasteiger charge is -2.04. The van der Waals surface area contributed by atoms with Crippen LogP contribution in [0.2, 0.25) is 0 Å². The summed E-state index contributed by atoms with van der Waals surface area (Å²) in [4.78, 5) is 4.30. The average Bonchev–Trinajstić information content (AvgIpc) is 2.65. The van der Waals surface area contributed by atoms with Crippen LogP contribution in [0, 0.1) is 0 Å². The minimum atomic E-state index is -0.0204. The van der Waals surface area contributed by atoms with Gasteiger partial charge in [0.05, 0.1) is 11.9 Å². The zero-order chi connectivity index (χ0) is 10.8. The molecule has 0 aliphatic rings. The first-order valence-electron chi connectivity index (χ1n) is 4.87. The molecule has 2 aromatic heterocycles. The van der Waals surface area contributed by atoms with E-state index in [4.69, 9.17) is 5.73 Å². The van der Waals surface area contributed by atoms with Crippen LogP contribution in [0.1, 0.15) is 18.7 Å². The highest BCUT2D eigenvalue weighted by molar-refractivity contribution is 5.60. The molecule has 0 fully saturated rings. The molecule has 0 saturated heterocycles. The van der Waals surface area contributed by atoms with Gasteiger partial charge in [-0.2, -0.15) is 5.10 Å². The van der Waals surface area contributed by atoms with Gasteiger partial charge in [0, 0.05) is 36.6 Å². The van der Waals surface area contributed by atoms with E-state index >= 15 is 0 Å². The molecule has 78 valence electrons. The minimum absolute atomic E-state index is 0.0204. The van der Waals surface area contributed by atoms with E-state index in [0.29, 0.717) is 0 Å². The standard InChI is InChI=1S/C11H14N4/c1-8(12)11-4-3-9(5-13-11)10-6-14-15(2)7-10/h3-8H,12H2,1-2H3/t8-/m0/s1. The Kier molecular flexibility index (Phi) is 2.51. The molecule has 2 heterocycles. The molecule has 4 nitrogen and oxygen atoms in total. The molecule has 2 rings (SSSR count). The molecule has 0 aromatic carbocycles. The van der Waals surface area contributed by atoms with Crippen molar-refractivity contribution in [3.63, 3.8) is 0 Å². The maximum Gasteiger partial charge on any atom is 0.0568 e. The molecule has 2 N–H and O–H groups in total. The summed E-state index contributed by atoms with van der Waals surface area (Å²) in [6.45, 7) is 1.92. The predicted molar refractivity (Wildman–Crippen MR) is 59.0 cm³/mol. The fourth-order valence-electron chi connectivity index (χ4n) is 1.42. The first-order valence-corrected chi connectivity index (χ1v) is 4.87. The van der Waals surface area contributed by atoms with Gasteiger partial charge in [-0.1, -0.05) is 6.07 Å². The first kappa shape index (κ1) is 9.86. The van der Waals surface area contributed by atoms with Gasteiger partial charge in [0.1, 0.15) is 0 Å². The van der Waals surface area contributed by atoms with Crippen LogP contribution in [0.3, 0.4) is 0 Å². The highest BCUT2D eigenvalue weighted by Crippen LogP contribution is 2.18. The van der Waals surface area contributed by atoms with Crippen molar-refractivity contribution in [1.82, 2.24) is 14.8 Å². The number of aryl methyl sites for hydroxylation is 1. The number of hydrogen-bond donors (Lipinski definition) is 1. The molecule has 2 aromatic rings. The number of hydrogen-bond acceptors (Lipinski definition) is 3. The third-order valence-electron chi connectivity index (χ3n) is 2.29. The highest BCUT2D eigenvalue weighted by atomic mass is 15.2. The monoisotopic (exact) mass is 202 g/mol. The zero-order valence-electron chi connectivity index (χ0n) is 8.88. The summed E-state index contributed by atoms with van der Waals surface area (Å²) >= 11 is 0. The Balaban J connectivity index is 2.31. The summed E-state index contributed by atoms with van der Waals surface area (Å²) < 4.78 is 1.77. The molecular formula is C11H14N4. The van der Waals surface area contributed by atoms with Crippen molar-refractivity contribution < 1.29 is 0 Å². The summed E-state index contributed by atoms with van der Waals surface area (Å²) in [5.41, 5.74) is 8.77. The Hall–Kier alpha value is -1.68. The molecule has 0 saturated carbocycles. The van der Waals surface area contributed by atoms with Gasteiger partial charge >= 0.3 is 0 Å². The van der Waals surface area contributed by atoms with Gasteiger partial charge in [0.15, 0.2) is 0 Å². The van der Waals surface area contributed by atoms with Gasteiger partial charge in [-0.3, -0.25) is 9.67 Å². The topological polar surface area (TPSA) is 56.7 Å². The van der Waals surface area contributed by atoms with E-state index in [2.05, 4.69) is 10.1 Å². The van der Waals surface area contributed by atoms with Crippen LogP contribution < -0.4 is 5.73 Å². The van der Waals surface area contributed by atoms with Crippen molar-refractivity contribution >= 4 is 0 Å². The SMILES string of the molecule is C[C@H](N)c1ccc(-c2cnn(C)c2)cn1. The molecule has 15 heavy (non-hydrogen) atoms. The van der Waals surface area contributed by atoms with Crippen LogP contribution in [0.25, 0.3) is 11.1 Å². The van der Waals surface area contributed by atoms with Gasteiger partial charge in [-0.25, -0.2) is 0 Å². The molecule has 0 bridgehead atoms. The maximum atomic E-state index is 5.73. The van der Waals surface area contributed by atoms with Gasteiger partial charge < -0.3 is 5.73 Å². The smallest absolute Gasteiger partial charge is 0.0568 e. The van der Waals surface area contributed by atoms with Crippen molar-refractivity contribution in [3.8, 4) is 11.1 Å². The van der Waals surface area contributed by atoms with Crippen LogP contribution >= 0.6 is 0 Å². The lowest BCUT2D eigenvalue weighted by Crippen LogP contribution is -2.06. The predicted octanol–water partition coefficient (Wildman–Crippen LogP) is 1.50. The molecule has 0 aliphatic carbocycles. The van der Waals surface area contributed by atoms with Crippen LogP contribution in [-0.2, 0) is 7.05 Å². The normalized spacial score (nSPS) is 12.7. The van der Waals surface area contributed by atoms with Crippen molar-refractivity contribution in [2.45, 2.75) is 13.0 Å². The Bertz CT molecular complexity index is 442. The van der Waals surface area contributed by atoms with Crippen LogP contribution in [0.15, 0.2) is 30.7 Å². The fraction of sp³-hybridized carbons (Fsp3) is 0.273. The number of rotatable bonds is 2. The van der Waals surface area contributed by atoms with Gasteiger partial charge in [0.2, 0.25) is 0 Å². The van der Waals surface area contributed by atoms with E-state index in [9.17, 15) is 0 Å². The molecule has 0 aliphatic heterocycles. The van der Waals surface area contributed by atoms with E-state index in [0.717, 1.165) is 16.8 Å². The van der Waals surface area contributed by atoms with Crippen molar-refractivity contribution in [2.75, 3.05) is 0 Å². The van der Waals surface area contributed by atoms with Crippen LogP contribution in [-0.4, -0.2) is 14.8 Å². The van der Waals surface area contributed by atoms with E-state index < -0.39 is 0 Å². The Morgan fingerprint density at radius 2 is 2.07 bits per heavy atom. The fourth-order valence-corrected chi connectivity index (χ4v) is 1.42. The molecular weight excluding hydrogens is 188 g/mol. The van der Waals surface area contributed by atoms with E-state index in [1.807, 2.05) is 44.7 Å².